The van der Waals surface area contributed by atoms with Crippen LogP contribution in [0.5, 0.6) is 0 Å². The van der Waals surface area contributed by atoms with Crippen molar-refractivity contribution in [2.45, 2.75) is 89.8 Å². The molecule has 0 bridgehead atoms. The van der Waals surface area contributed by atoms with Crippen molar-refractivity contribution in [1.82, 2.24) is 0 Å². The van der Waals surface area contributed by atoms with Gasteiger partial charge in [0.15, 0.2) is 6.29 Å². The van der Waals surface area contributed by atoms with Gasteiger partial charge in [-0.25, -0.2) is 0 Å². The minimum atomic E-state index is 0.0966. The third-order valence-electron chi connectivity index (χ3n) is 3.99. The van der Waals surface area contributed by atoms with Crippen LogP contribution in [-0.4, -0.2) is 19.5 Å². The lowest BCUT2D eigenvalue weighted by molar-refractivity contribution is -0.162. The Balaban J connectivity index is 1.71. The lowest BCUT2D eigenvalue weighted by Gasteiger charge is -2.22. The predicted molar refractivity (Wildman–Crippen MR) is 85.9 cm³/mol. The van der Waals surface area contributed by atoms with Crippen LogP contribution in [0.25, 0.3) is 0 Å². The van der Waals surface area contributed by atoms with Gasteiger partial charge in [-0.05, 0) is 38.5 Å². The second-order valence-corrected chi connectivity index (χ2v) is 5.93. The van der Waals surface area contributed by atoms with Crippen molar-refractivity contribution in [3.05, 3.63) is 12.7 Å². The number of hydrogen-bond donors (Lipinski definition) is 0. The summed E-state index contributed by atoms with van der Waals surface area (Å²) in [5.74, 6) is 0. The average Bonchev–Trinajstić information content (AvgIpc) is 2.49. The van der Waals surface area contributed by atoms with Crippen molar-refractivity contribution in [2.24, 2.45) is 0 Å². The first-order valence-corrected chi connectivity index (χ1v) is 8.77. The van der Waals surface area contributed by atoms with Crippen LogP contribution in [-0.2, 0) is 9.47 Å². The van der Waals surface area contributed by atoms with E-state index in [0.717, 1.165) is 19.6 Å². The molecule has 2 heteroatoms. The van der Waals surface area contributed by atoms with E-state index in [1.165, 1.54) is 77.0 Å². The molecule has 1 rings (SSSR count). The zero-order valence-electron chi connectivity index (χ0n) is 13.3. The van der Waals surface area contributed by atoms with E-state index in [1.54, 1.807) is 0 Å². The highest BCUT2D eigenvalue weighted by atomic mass is 16.7. The van der Waals surface area contributed by atoms with Crippen molar-refractivity contribution in [2.75, 3.05) is 13.2 Å². The van der Waals surface area contributed by atoms with Crippen molar-refractivity contribution in [3.8, 4) is 0 Å². The van der Waals surface area contributed by atoms with Crippen LogP contribution < -0.4 is 0 Å². The number of ether oxygens (including phenoxy) is 2. The van der Waals surface area contributed by atoms with Crippen LogP contribution in [0.4, 0.5) is 0 Å². The summed E-state index contributed by atoms with van der Waals surface area (Å²) >= 11 is 0. The standard InChI is InChI=1S/C18H34O2/c1-2-3-4-5-6-7-8-9-10-11-13-16-19-18-15-12-14-17-20-18/h2,18H,1,3-17H2. The molecular weight excluding hydrogens is 248 g/mol. The van der Waals surface area contributed by atoms with E-state index < -0.39 is 0 Å². The summed E-state index contributed by atoms with van der Waals surface area (Å²) < 4.78 is 11.3. The largest absolute Gasteiger partial charge is 0.353 e. The molecule has 1 unspecified atom stereocenters. The molecule has 1 heterocycles. The van der Waals surface area contributed by atoms with Gasteiger partial charge in [0.2, 0.25) is 0 Å². The molecule has 1 atom stereocenters. The molecule has 118 valence electrons. The van der Waals surface area contributed by atoms with Gasteiger partial charge in [-0.2, -0.15) is 0 Å². The molecule has 0 aliphatic carbocycles. The van der Waals surface area contributed by atoms with E-state index in [0.29, 0.717) is 0 Å². The van der Waals surface area contributed by atoms with Gasteiger partial charge in [-0.15, -0.1) is 6.58 Å². The van der Waals surface area contributed by atoms with E-state index in [-0.39, 0.29) is 6.29 Å². The van der Waals surface area contributed by atoms with Gasteiger partial charge in [0.05, 0.1) is 0 Å². The van der Waals surface area contributed by atoms with Crippen LogP contribution in [0, 0.1) is 0 Å². The number of unbranched alkanes of at least 4 members (excludes halogenated alkanes) is 9. The highest BCUT2D eigenvalue weighted by Crippen LogP contribution is 2.15. The topological polar surface area (TPSA) is 18.5 Å². The molecule has 0 spiro atoms. The maximum absolute atomic E-state index is 5.74. The van der Waals surface area contributed by atoms with Crippen molar-refractivity contribution in [1.29, 1.82) is 0 Å². The Labute approximate surface area is 125 Å². The highest BCUT2D eigenvalue weighted by molar-refractivity contribution is 4.65. The molecule has 1 aliphatic heterocycles. The normalized spacial score (nSPS) is 19.1. The number of rotatable bonds is 13. The fourth-order valence-electron chi connectivity index (χ4n) is 2.69. The summed E-state index contributed by atoms with van der Waals surface area (Å²) in [6, 6.07) is 0. The van der Waals surface area contributed by atoms with Gasteiger partial charge in [-0.1, -0.05) is 51.0 Å². The Kier molecular flexibility index (Phi) is 12.1. The first-order valence-electron chi connectivity index (χ1n) is 8.77. The van der Waals surface area contributed by atoms with Gasteiger partial charge in [-0.3, -0.25) is 0 Å². The van der Waals surface area contributed by atoms with Crippen molar-refractivity contribution < 1.29 is 9.47 Å². The van der Waals surface area contributed by atoms with E-state index in [9.17, 15) is 0 Å². The SMILES string of the molecule is C=CCCCCCCCCCCCOC1CCCCO1. The first kappa shape index (κ1) is 17.7. The van der Waals surface area contributed by atoms with E-state index >= 15 is 0 Å². The molecule has 1 saturated heterocycles. The summed E-state index contributed by atoms with van der Waals surface area (Å²) in [5.41, 5.74) is 0. The third kappa shape index (κ3) is 10.4. The number of hydrogen-bond acceptors (Lipinski definition) is 2. The third-order valence-corrected chi connectivity index (χ3v) is 3.99. The van der Waals surface area contributed by atoms with Gasteiger partial charge >= 0.3 is 0 Å². The molecule has 0 aromatic carbocycles. The Bertz CT molecular complexity index is 209. The molecule has 0 amide bonds. The van der Waals surface area contributed by atoms with E-state index in [2.05, 4.69) is 6.58 Å². The Morgan fingerprint density at radius 3 is 2.15 bits per heavy atom. The molecule has 2 nitrogen and oxygen atoms in total. The highest BCUT2D eigenvalue weighted by Gasteiger charge is 2.13. The van der Waals surface area contributed by atoms with E-state index in [4.69, 9.17) is 9.47 Å². The average molecular weight is 282 g/mol. The van der Waals surface area contributed by atoms with Crippen LogP contribution in [0.15, 0.2) is 12.7 Å². The summed E-state index contributed by atoms with van der Waals surface area (Å²) in [5, 5.41) is 0. The minimum absolute atomic E-state index is 0.0966. The summed E-state index contributed by atoms with van der Waals surface area (Å²) in [4.78, 5) is 0. The van der Waals surface area contributed by atoms with Crippen LogP contribution in [0.2, 0.25) is 0 Å². The van der Waals surface area contributed by atoms with Gasteiger partial charge in [0, 0.05) is 13.2 Å². The minimum Gasteiger partial charge on any atom is -0.353 e. The fourth-order valence-corrected chi connectivity index (χ4v) is 2.69. The van der Waals surface area contributed by atoms with Gasteiger partial charge in [0.25, 0.3) is 0 Å². The Morgan fingerprint density at radius 1 is 0.900 bits per heavy atom. The van der Waals surface area contributed by atoms with Crippen LogP contribution in [0.1, 0.15) is 83.5 Å². The maximum atomic E-state index is 5.74. The lowest BCUT2D eigenvalue weighted by atomic mass is 10.1. The molecule has 0 radical (unpaired) electrons. The first-order chi connectivity index (χ1) is 9.93. The molecule has 1 fully saturated rings. The maximum Gasteiger partial charge on any atom is 0.157 e. The molecule has 0 aromatic rings. The van der Waals surface area contributed by atoms with Crippen molar-refractivity contribution in [3.63, 3.8) is 0 Å². The molecular formula is C18H34O2. The van der Waals surface area contributed by atoms with Gasteiger partial charge in [0.1, 0.15) is 0 Å². The zero-order chi connectivity index (χ0) is 14.3. The zero-order valence-corrected chi connectivity index (χ0v) is 13.3. The van der Waals surface area contributed by atoms with Crippen molar-refractivity contribution >= 4 is 0 Å². The molecule has 1 aliphatic rings. The molecule has 0 saturated carbocycles. The van der Waals surface area contributed by atoms with Crippen LogP contribution in [0.3, 0.4) is 0 Å². The molecule has 20 heavy (non-hydrogen) atoms. The lowest BCUT2D eigenvalue weighted by Crippen LogP contribution is -2.22. The Morgan fingerprint density at radius 2 is 1.55 bits per heavy atom. The second kappa shape index (κ2) is 13.6. The van der Waals surface area contributed by atoms with E-state index in [1.807, 2.05) is 6.08 Å². The monoisotopic (exact) mass is 282 g/mol. The summed E-state index contributed by atoms with van der Waals surface area (Å²) in [7, 11) is 0. The smallest absolute Gasteiger partial charge is 0.157 e. The Hall–Kier alpha value is -0.340. The summed E-state index contributed by atoms with van der Waals surface area (Å²) in [6.07, 6.45) is 19.0. The summed E-state index contributed by atoms with van der Waals surface area (Å²) in [6.45, 7) is 5.52. The fraction of sp³-hybridized carbons (Fsp3) is 0.889. The van der Waals surface area contributed by atoms with Crippen LogP contribution >= 0.6 is 0 Å². The quantitative estimate of drug-likeness (QED) is 0.322. The predicted octanol–water partition coefficient (Wildman–Crippen LogP) is 5.62. The molecule has 0 aromatic heterocycles. The number of allylic oxidation sites excluding steroid dienone is 1. The second-order valence-electron chi connectivity index (χ2n) is 5.93. The van der Waals surface area contributed by atoms with Gasteiger partial charge < -0.3 is 9.47 Å². The molecule has 0 N–H and O–H groups in total.